The van der Waals surface area contributed by atoms with Crippen LogP contribution in [0.2, 0.25) is 0 Å². The van der Waals surface area contributed by atoms with Crippen molar-refractivity contribution >= 4 is 11.5 Å². The molecule has 0 aliphatic heterocycles. The summed E-state index contributed by atoms with van der Waals surface area (Å²) in [4.78, 5) is 10.8. The van der Waals surface area contributed by atoms with Crippen molar-refractivity contribution in [1.29, 1.82) is 0 Å². The van der Waals surface area contributed by atoms with E-state index in [2.05, 4.69) is 25.3 Å². The normalized spacial score (nSPS) is 11.1. The Bertz CT molecular complexity index is 798. The number of nitrogens with zero attached hydrogens (tertiary/aromatic N) is 5. The van der Waals surface area contributed by atoms with E-state index in [0.29, 0.717) is 5.75 Å². The Balaban J connectivity index is 1.94. The van der Waals surface area contributed by atoms with E-state index in [-0.39, 0.29) is 0 Å². The number of pyridine rings is 1. The third kappa shape index (κ3) is 3.24. The fourth-order valence-corrected chi connectivity index (χ4v) is 2.31. The van der Waals surface area contributed by atoms with Crippen LogP contribution in [0.5, 0.6) is 5.75 Å². The molecule has 0 unspecified atom stereocenters. The molecule has 0 saturated heterocycles. The topological polar surface area (TPSA) is 67.6 Å². The fraction of sp³-hybridized carbons (Fsp3) is 0.312. The van der Waals surface area contributed by atoms with E-state index in [1.807, 2.05) is 30.7 Å². The molecule has 7 nitrogen and oxygen atoms in total. The first-order valence-electron chi connectivity index (χ1n) is 7.40. The Morgan fingerprint density at radius 2 is 2.13 bits per heavy atom. The lowest BCUT2D eigenvalue weighted by Gasteiger charge is -2.12. The standard InChI is InChI=1S/C16H20N6O/c1-21(2)7-6-18-15-4-5-19-16-14(11-20-22(15)16)12-8-13(23-3)10-17-9-12/h4-5,8-11,18H,6-7H2,1-3H3. The zero-order valence-corrected chi connectivity index (χ0v) is 13.5. The average Bonchev–Trinajstić information content (AvgIpc) is 2.99. The molecule has 0 aromatic carbocycles. The van der Waals surface area contributed by atoms with Crippen LogP contribution in [0.25, 0.3) is 16.8 Å². The third-order valence-electron chi connectivity index (χ3n) is 3.53. The second-order valence-electron chi connectivity index (χ2n) is 5.47. The molecular formula is C16H20N6O. The van der Waals surface area contributed by atoms with Crippen molar-refractivity contribution in [2.24, 2.45) is 0 Å². The van der Waals surface area contributed by atoms with E-state index in [9.17, 15) is 0 Å². The molecule has 3 heterocycles. The summed E-state index contributed by atoms with van der Waals surface area (Å²) in [6.45, 7) is 1.78. The summed E-state index contributed by atoms with van der Waals surface area (Å²) in [7, 11) is 5.72. The molecule has 3 aromatic rings. The number of nitrogens with one attached hydrogen (secondary N) is 1. The van der Waals surface area contributed by atoms with Crippen LogP contribution in [0.15, 0.2) is 36.9 Å². The van der Waals surface area contributed by atoms with Crippen LogP contribution in [0, 0.1) is 0 Å². The molecule has 1 N–H and O–H groups in total. The summed E-state index contributed by atoms with van der Waals surface area (Å²) < 4.78 is 7.05. The van der Waals surface area contributed by atoms with Gasteiger partial charge in [0.05, 0.1) is 19.5 Å². The van der Waals surface area contributed by atoms with E-state index < -0.39 is 0 Å². The Hall–Kier alpha value is -2.67. The van der Waals surface area contributed by atoms with Crippen LogP contribution in [-0.4, -0.2) is 58.8 Å². The van der Waals surface area contributed by atoms with Crippen molar-refractivity contribution in [3.63, 3.8) is 0 Å². The second-order valence-corrected chi connectivity index (χ2v) is 5.47. The van der Waals surface area contributed by atoms with E-state index >= 15 is 0 Å². The van der Waals surface area contributed by atoms with Crippen molar-refractivity contribution in [3.05, 3.63) is 36.9 Å². The largest absolute Gasteiger partial charge is 0.495 e. The zero-order valence-electron chi connectivity index (χ0n) is 13.5. The molecule has 23 heavy (non-hydrogen) atoms. The van der Waals surface area contributed by atoms with Crippen LogP contribution >= 0.6 is 0 Å². The zero-order chi connectivity index (χ0) is 16.2. The van der Waals surface area contributed by atoms with Crippen molar-refractivity contribution in [2.45, 2.75) is 0 Å². The lowest BCUT2D eigenvalue weighted by molar-refractivity contribution is 0.413. The van der Waals surface area contributed by atoms with Gasteiger partial charge < -0.3 is 15.0 Å². The van der Waals surface area contributed by atoms with Gasteiger partial charge in [0.25, 0.3) is 0 Å². The molecule has 0 saturated carbocycles. The monoisotopic (exact) mass is 312 g/mol. The van der Waals surface area contributed by atoms with E-state index in [0.717, 1.165) is 35.7 Å². The predicted molar refractivity (Wildman–Crippen MR) is 89.8 cm³/mol. The first-order chi connectivity index (χ1) is 11.2. The lowest BCUT2D eigenvalue weighted by Crippen LogP contribution is -2.21. The second kappa shape index (κ2) is 6.62. The predicted octanol–water partition coefficient (Wildman–Crippen LogP) is 1.77. The first kappa shape index (κ1) is 15.2. The van der Waals surface area contributed by atoms with Gasteiger partial charge in [0, 0.05) is 36.6 Å². The van der Waals surface area contributed by atoms with Gasteiger partial charge >= 0.3 is 0 Å². The highest BCUT2D eigenvalue weighted by Crippen LogP contribution is 2.26. The smallest absolute Gasteiger partial charge is 0.165 e. The quantitative estimate of drug-likeness (QED) is 0.748. The average molecular weight is 312 g/mol. The number of ether oxygens (including phenoxy) is 1. The molecule has 0 aliphatic carbocycles. The number of fused-ring (bicyclic) bond motifs is 1. The van der Waals surface area contributed by atoms with E-state index in [1.54, 1.807) is 31.9 Å². The molecule has 3 rings (SSSR count). The van der Waals surface area contributed by atoms with Crippen molar-refractivity contribution in [3.8, 4) is 16.9 Å². The van der Waals surface area contributed by atoms with E-state index in [4.69, 9.17) is 4.74 Å². The van der Waals surface area contributed by atoms with E-state index in [1.165, 1.54) is 0 Å². The summed E-state index contributed by atoms with van der Waals surface area (Å²) in [5.41, 5.74) is 2.64. The van der Waals surface area contributed by atoms with Gasteiger partial charge in [-0.25, -0.2) is 4.98 Å². The maximum Gasteiger partial charge on any atom is 0.165 e. The first-order valence-corrected chi connectivity index (χ1v) is 7.40. The highest BCUT2D eigenvalue weighted by Gasteiger charge is 2.11. The molecule has 120 valence electrons. The highest BCUT2D eigenvalue weighted by molar-refractivity contribution is 5.78. The maximum atomic E-state index is 5.24. The molecule has 0 spiro atoms. The minimum Gasteiger partial charge on any atom is -0.495 e. The number of likely N-dealkylation sites (N-methyl/N-ethyl adjacent to an activating group) is 1. The lowest BCUT2D eigenvalue weighted by atomic mass is 10.1. The minimum absolute atomic E-state index is 0.710. The number of hydrogen-bond donors (Lipinski definition) is 1. The number of anilines is 1. The Morgan fingerprint density at radius 3 is 2.91 bits per heavy atom. The van der Waals surface area contributed by atoms with Crippen LogP contribution in [-0.2, 0) is 0 Å². The van der Waals surface area contributed by atoms with Gasteiger partial charge in [0.15, 0.2) is 5.65 Å². The van der Waals surface area contributed by atoms with Crippen molar-refractivity contribution < 1.29 is 4.74 Å². The molecular weight excluding hydrogens is 292 g/mol. The maximum absolute atomic E-state index is 5.24. The SMILES string of the molecule is COc1cncc(-c2cnn3c(NCCN(C)C)ccnc23)c1. The number of rotatable bonds is 6. The fourth-order valence-electron chi connectivity index (χ4n) is 2.31. The molecule has 7 heteroatoms. The van der Waals surface area contributed by atoms with Gasteiger partial charge in [0.1, 0.15) is 11.6 Å². The number of hydrogen-bond acceptors (Lipinski definition) is 6. The summed E-state index contributed by atoms with van der Waals surface area (Å²) in [6, 6.07) is 3.85. The van der Waals surface area contributed by atoms with Crippen molar-refractivity contribution in [1.82, 2.24) is 24.5 Å². The van der Waals surface area contributed by atoms with Gasteiger partial charge in [-0.3, -0.25) is 4.98 Å². The summed E-state index contributed by atoms with van der Waals surface area (Å²) in [5, 5.41) is 7.84. The van der Waals surface area contributed by atoms with Crippen molar-refractivity contribution in [2.75, 3.05) is 39.6 Å². The Kier molecular flexibility index (Phi) is 4.38. The van der Waals surface area contributed by atoms with Crippen LogP contribution in [0.4, 0.5) is 5.82 Å². The van der Waals surface area contributed by atoms with Crippen LogP contribution < -0.4 is 10.1 Å². The molecule has 0 amide bonds. The molecule has 3 aromatic heterocycles. The number of aromatic nitrogens is 4. The van der Waals surface area contributed by atoms with Gasteiger partial charge in [-0.05, 0) is 26.2 Å². The minimum atomic E-state index is 0.710. The Labute approximate surface area is 134 Å². The van der Waals surface area contributed by atoms with Gasteiger partial charge in [0.2, 0.25) is 0 Å². The third-order valence-corrected chi connectivity index (χ3v) is 3.53. The molecule has 0 fully saturated rings. The number of methoxy groups -OCH3 is 1. The van der Waals surface area contributed by atoms with Gasteiger partial charge in [-0.2, -0.15) is 9.61 Å². The molecule has 0 bridgehead atoms. The molecule has 0 radical (unpaired) electrons. The van der Waals surface area contributed by atoms with Crippen LogP contribution in [0.3, 0.4) is 0 Å². The molecule has 0 aliphatic rings. The summed E-state index contributed by atoms with van der Waals surface area (Å²) >= 11 is 0. The summed E-state index contributed by atoms with van der Waals surface area (Å²) in [5.74, 6) is 1.63. The van der Waals surface area contributed by atoms with Gasteiger partial charge in [-0.1, -0.05) is 0 Å². The molecule has 0 atom stereocenters. The van der Waals surface area contributed by atoms with Crippen LogP contribution in [0.1, 0.15) is 0 Å². The highest BCUT2D eigenvalue weighted by atomic mass is 16.5. The van der Waals surface area contributed by atoms with Gasteiger partial charge in [-0.15, -0.1) is 0 Å². The summed E-state index contributed by atoms with van der Waals surface area (Å²) in [6.07, 6.45) is 7.05. The Morgan fingerprint density at radius 1 is 1.26 bits per heavy atom.